The van der Waals surface area contributed by atoms with Crippen LogP contribution in [-0.2, 0) is 11.3 Å². The van der Waals surface area contributed by atoms with Crippen LogP contribution in [0.3, 0.4) is 0 Å². The summed E-state index contributed by atoms with van der Waals surface area (Å²) in [6.07, 6.45) is 1.61. The molecular weight excluding hydrogens is 327 g/mol. The topological polar surface area (TPSA) is 73.6 Å². The molecule has 0 bridgehead atoms. The number of para-hydroxylation sites is 1. The van der Waals surface area contributed by atoms with Crippen LogP contribution >= 0.6 is 0 Å². The Bertz CT molecular complexity index is 861. The number of amides is 1. The summed E-state index contributed by atoms with van der Waals surface area (Å²) in [6.45, 7) is 1.17. The average molecular weight is 344 g/mol. The number of ether oxygens (including phenoxy) is 2. The van der Waals surface area contributed by atoms with Gasteiger partial charge in [-0.05, 0) is 17.7 Å². The first-order valence-corrected chi connectivity index (χ1v) is 7.70. The fraction of sp³-hybridized carbons (Fsp3) is 0.222. The minimum atomic E-state index is -0.496. The monoisotopic (exact) mass is 344 g/mol. The Morgan fingerprint density at radius 2 is 2.16 bits per heavy atom. The summed E-state index contributed by atoms with van der Waals surface area (Å²) in [5, 5.41) is 3.26. The summed E-state index contributed by atoms with van der Waals surface area (Å²) in [4.78, 5) is 16.3. The van der Waals surface area contributed by atoms with Gasteiger partial charge < -0.3 is 19.2 Å². The third-order valence-corrected chi connectivity index (χ3v) is 3.51. The van der Waals surface area contributed by atoms with Gasteiger partial charge in [0.1, 0.15) is 6.61 Å². The zero-order chi connectivity index (χ0) is 17.6. The molecule has 0 atom stereocenters. The Balaban J connectivity index is 1.58. The van der Waals surface area contributed by atoms with Gasteiger partial charge in [0.05, 0.1) is 6.61 Å². The smallest absolute Gasteiger partial charge is 0.287 e. The summed E-state index contributed by atoms with van der Waals surface area (Å²) >= 11 is 0. The zero-order valence-electron chi connectivity index (χ0n) is 13.6. The second kappa shape index (κ2) is 7.76. The van der Waals surface area contributed by atoms with Crippen molar-refractivity contribution < 1.29 is 23.1 Å². The highest BCUT2D eigenvalue weighted by Gasteiger charge is 2.14. The summed E-state index contributed by atoms with van der Waals surface area (Å²) in [5.41, 5.74) is 0.876. The van der Waals surface area contributed by atoms with Crippen LogP contribution < -0.4 is 10.1 Å². The van der Waals surface area contributed by atoms with Gasteiger partial charge in [-0.15, -0.1) is 0 Å². The molecule has 0 spiro atoms. The van der Waals surface area contributed by atoms with E-state index in [0.29, 0.717) is 24.5 Å². The molecule has 7 heteroatoms. The van der Waals surface area contributed by atoms with E-state index in [2.05, 4.69) is 10.3 Å². The van der Waals surface area contributed by atoms with Gasteiger partial charge in [-0.25, -0.2) is 9.37 Å². The number of hydrogen-bond acceptors (Lipinski definition) is 5. The van der Waals surface area contributed by atoms with Crippen molar-refractivity contribution in [2.45, 2.75) is 6.54 Å². The van der Waals surface area contributed by atoms with Gasteiger partial charge >= 0.3 is 0 Å². The predicted molar refractivity (Wildman–Crippen MR) is 89.0 cm³/mol. The number of halogens is 1. The number of fused-ring (bicyclic) bond motifs is 1. The maximum atomic E-state index is 13.6. The van der Waals surface area contributed by atoms with Crippen LogP contribution in [0.4, 0.5) is 4.39 Å². The van der Waals surface area contributed by atoms with E-state index in [0.717, 1.165) is 5.56 Å². The molecule has 0 saturated carbocycles. The number of benzene rings is 1. The number of nitrogens with one attached hydrogen (secondary N) is 1. The maximum absolute atomic E-state index is 13.6. The second-order valence-electron chi connectivity index (χ2n) is 5.30. The van der Waals surface area contributed by atoms with Gasteiger partial charge in [-0.1, -0.05) is 18.2 Å². The van der Waals surface area contributed by atoms with E-state index in [-0.39, 0.29) is 17.9 Å². The third-order valence-electron chi connectivity index (χ3n) is 3.51. The number of furan rings is 1. The van der Waals surface area contributed by atoms with Gasteiger partial charge in [-0.3, -0.25) is 4.79 Å². The van der Waals surface area contributed by atoms with E-state index in [1.807, 2.05) is 0 Å². The number of carbonyl (C=O) groups excluding carboxylic acids is 1. The molecule has 1 N–H and O–H groups in total. The van der Waals surface area contributed by atoms with Gasteiger partial charge in [0.15, 0.2) is 17.2 Å². The molecule has 130 valence electrons. The number of carbonyl (C=O) groups is 1. The maximum Gasteiger partial charge on any atom is 0.287 e. The number of pyridine rings is 1. The average Bonchev–Trinajstić information content (AvgIpc) is 3.07. The SMILES string of the molecule is COCCOc1ccc(CNC(=O)c2cc3cccc(F)c3o2)cn1. The normalized spacial score (nSPS) is 10.8. The van der Waals surface area contributed by atoms with E-state index < -0.39 is 11.7 Å². The Morgan fingerprint density at radius 3 is 2.88 bits per heavy atom. The zero-order valence-corrected chi connectivity index (χ0v) is 13.6. The quantitative estimate of drug-likeness (QED) is 0.667. The third kappa shape index (κ3) is 4.13. The first-order valence-electron chi connectivity index (χ1n) is 7.70. The van der Waals surface area contributed by atoms with E-state index in [4.69, 9.17) is 13.9 Å². The number of methoxy groups -OCH3 is 1. The van der Waals surface area contributed by atoms with Gasteiger partial charge in [0.2, 0.25) is 5.88 Å². The second-order valence-corrected chi connectivity index (χ2v) is 5.30. The number of hydrogen-bond donors (Lipinski definition) is 1. The van der Waals surface area contributed by atoms with E-state index in [1.165, 1.54) is 12.1 Å². The lowest BCUT2D eigenvalue weighted by molar-refractivity contribution is 0.0925. The fourth-order valence-corrected chi connectivity index (χ4v) is 2.24. The van der Waals surface area contributed by atoms with Crippen LogP contribution in [-0.4, -0.2) is 31.2 Å². The van der Waals surface area contributed by atoms with E-state index >= 15 is 0 Å². The molecule has 2 heterocycles. The molecule has 0 saturated heterocycles. The Morgan fingerprint density at radius 1 is 1.28 bits per heavy atom. The molecule has 25 heavy (non-hydrogen) atoms. The molecule has 3 aromatic rings. The summed E-state index contributed by atoms with van der Waals surface area (Å²) in [5.74, 6) is -0.367. The molecule has 6 nitrogen and oxygen atoms in total. The highest BCUT2D eigenvalue weighted by atomic mass is 19.1. The van der Waals surface area contributed by atoms with Crippen LogP contribution in [0.15, 0.2) is 47.0 Å². The van der Waals surface area contributed by atoms with Crippen molar-refractivity contribution in [3.63, 3.8) is 0 Å². The van der Waals surface area contributed by atoms with Gasteiger partial charge in [0, 0.05) is 31.3 Å². The van der Waals surface area contributed by atoms with Crippen LogP contribution in [0, 0.1) is 5.82 Å². The molecule has 3 rings (SSSR count). The molecule has 1 aromatic carbocycles. The first kappa shape index (κ1) is 16.9. The lowest BCUT2D eigenvalue weighted by atomic mass is 10.2. The molecule has 0 radical (unpaired) electrons. The van der Waals surface area contributed by atoms with Crippen molar-refractivity contribution in [3.05, 3.63) is 59.7 Å². The minimum absolute atomic E-state index is 0.0626. The van der Waals surface area contributed by atoms with Gasteiger partial charge in [0.25, 0.3) is 5.91 Å². The van der Waals surface area contributed by atoms with Crippen LogP contribution in [0.2, 0.25) is 0 Å². The number of nitrogens with zero attached hydrogens (tertiary/aromatic N) is 1. The summed E-state index contributed by atoms with van der Waals surface area (Å²) in [7, 11) is 1.60. The Labute approximate surface area is 143 Å². The van der Waals surface area contributed by atoms with Crippen LogP contribution in [0.5, 0.6) is 5.88 Å². The fourth-order valence-electron chi connectivity index (χ4n) is 2.24. The van der Waals surface area contributed by atoms with Crippen molar-refractivity contribution in [2.75, 3.05) is 20.3 Å². The summed E-state index contributed by atoms with van der Waals surface area (Å²) in [6, 6.07) is 9.57. The minimum Gasteiger partial charge on any atom is -0.475 e. The molecular formula is C18H17FN2O4. The van der Waals surface area contributed by atoms with Crippen LogP contribution in [0.1, 0.15) is 16.1 Å². The molecule has 0 aliphatic carbocycles. The standard InChI is InChI=1S/C18H17FN2O4/c1-23-7-8-24-16-6-5-12(10-20-16)11-21-18(22)15-9-13-3-2-4-14(19)17(13)25-15/h2-6,9-10H,7-8,11H2,1H3,(H,21,22). The predicted octanol–water partition coefficient (Wildman–Crippen LogP) is 2.92. The van der Waals surface area contributed by atoms with E-state index in [1.54, 1.807) is 37.6 Å². The molecule has 2 aromatic heterocycles. The Hall–Kier alpha value is -2.93. The number of rotatable bonds is 7. The number of aromatic nitrogens is 1. The van der Waals surface area contributed by atoms with Crippen LogP contribution in [0.25, 0.3) is 11.0 Å². The molecule has 0 fully saturated rings. The largest absolute Gasteiger partial charge is 0.475 e. The lowest BCUT2D eigenvalue weighted by Crippen LogP contribution is -2.22. The molecule has 0 aliphatic heterocycles. The van der Waals surface area contributed by atoms with Crippen molar-refractivity contribution >= 4 is 16.9 Å². The Kier molecular flexibility index (Phi) is 5.25. The highest BCUT2D eigenvalue weighted by Crippen LogP contribution is 2.22. The van der Waals surface area contributed by atoms with Crippen molar-refractivity contribution in [1.29, 1.82) is 0 Å². The van der Waals surface area contributed by atoms with Crippen molar-refractivity contribution in [1.82, 2.24) is 10.3 Å². The van der Waals surface area contributed by atoms with Crippen molar-refractivity contribution in [3.8, 4) is 5.88 Å². The summed E-state index contributed by atoms with van der Waals surface area (Å²) < 4.78 is 29.2. The highest BCUT2D eigenvalue weighted by molar-refractivity contribution is 5.96. The molecule has 0 unspecified atom stereocenters. The van der Waals surface area contributed by atoms with E-state index in [9.17, 15) is 9.18 Å². The van der Waals surface area contributed by atoms with Gasteiger partial charge in [-0.2, -0.15) is 0 Å². The molecule has 0 aliphatic rings. The molecule has 1 amide bonds. The van der Waals surface area contributed by atoms with Crippen molar-refractivity contribution in [2.24, 2.45) is 0 Å². The first-order chi connectivity index (χ1) is 12.2. The lowest BCUT2D eigenvalue weighted by Gasteiger charge is -2.06.